The van der Waals surface area contributed by atoms with Crippen molar-refractivity contribution in [2.24, 2.45) is 0 Å². The van der Waals surface area contributed by atoms with Gasteiger partial charge < -0.3 is 29.3 Å². The van der Waals surface area contributed by atoms with Crippen LogP contribution in [0.25, 0.3) is 11.3 Å². The van der Waals surface area contributed by atoms with Gasteiger partial charge in [0.05, 0.1) is 29.7 Å². The van der Waals surface area contributed by atoms with E-state index in [9.17, 15) is 19.7 Å². The average Bonchev–Trinajstić information content (AvgIpc) is 3.16. The summed E-state index contributed by atoms with van der Waals surface area (Å²) in [6.45, 7) is 9.39. The second kappa shape index (κ2) is 10.6. The third-order valence-corrected chi connectivity index (χ3v) is 7.95. The first-order valence-corrected chi connectivity index (χ1v) is 14.8. The maximum Gasteiger partial charge on any atom is 0.329 e. The summed E-state index contributed by atoms with van der Waals surface area (Å²) in [5.41, 5.74) is 3.01. The van der Waals surface area contributed by atoms with E-state index >= 15 is 0 Å². The van der Waals surface area contributed by atoms with Crippen molar-refractivity contribution >= 4 is 43.4 Å². The Morgan fingerprint density at radius 3 is 2.71 bits per heavy atom. The topological polar surface area (TPSA) is 128 Å². The van der Waals surface area contributed by atoms with E-state index in [4.69, 9.17) is 4.74 Å². The number of carbonyl (C=O) groups is 1. The average molecular weight is 530 g/mol. The Kier molecular flexibility index (Phi) is 7.64. The van der Waals surface area contributed by atoms with Crippen LogP contribution in [0.4, 0.5) is 17.3 Å². The molecule has 2 heterocycles. The lowest BCUT2D eigenvalue weighted by atomic mass is 9.83. The molecule has 2 aromatic carbocycles. The molecule has 0 saturated heterocycles. The third kappa shape index (κ3) is 5.45. The number of hydrogen-bond donors (Lipinski definition) is 2. The van der Waals surface area contributed by atoms with Crippen LogP contribution < -0.4 is 20.2 Å². The van der Waals surface area contributed by atoms with Crippen LogP contribution in [-0.2, 0) is 14.8 Å². The summed E-state index contributed by atoms with van der Waals surface area (Å²) in [5.74, 6) is 0.866. The molecule has 0 saturated carbocycles. The van der Waals surface area contributed by atoms with E-state index in [0.29, 0.717) is 57.9 Å². The molecule has 0 unspecified atom stereocenters. The van der Waals surface area contributed by atoms with Gasteiger partial charge in [-0.15, -0.1) is 0 Å². The summed E-state index contributed by atoms with van der Waals surface area (Å²) in [6, 6.07) is 13.0. The van der Waals surface area contributed by atoms with Crippen molar-refractivity contribution in [2.75, 3.05) is 36.6 Å². The third-order valence-electron chi connectivity index (χ3n) is 6.42. The summed E-state index contributed by atoms with van der Waals surface area (Å²) in [6.07, 6.45) is 2.19. The van der Waals surface area contributed by atoms with Crippen molar-refractivity contribution in [3.05, 3.63) is 53.7 Å². The molecule has 38 heavy (non-hydrogen) atoms. The van der Waals surface area contributed by atoms with E-state index < -0.39 is 12.6 Å². The van der Waals surface area contributed by atoms with Gasteiger partial charge >= 0.3 is 7.41 Å². The Balaban J connectivity index is 1.74. The number of nitriles is 1. The number of nitrogens with zero attached hydrogens (tertiary/aromatic N) is 4. The number of nitrogens with one attached hydrogen (secondary N) is 1. The molecular weight excluding hydrogens is 500 g/mol. The predicted octanol–water partition coefficient (Wildman–Crippen LogP) is 3.67. The molecule has 3 aromatic rings. The van der Waals surface area contributed by atoms with Gasteiger partial charge in [-0.05, 0) is 69.1 Å². The summed E-state index contributed by atoms with van der Waals surface area (Å²) < 4.78 is 18.6. The number of aliphatic hydroxyl groups is 1. The van der Waals surface area contributed by atoms with Crippen molar-refractivity contribution < 1.29 is 19.2 Å². The first kappa shape index (κ1) is 27.4. The number of fused-ring (bicyclic) bond motifs is 1. The van der Waals surface area contributed by atoms with E-state index in [1.807, 2.05) is 26.8 Å². The van der Waals surface area contributed by atoms with Gasteiger partial charge in [-0.25, -0.2) is 9.97 Å². The molecule has 1 radical (unpaired) electrons. The molecular formula is C27H30BN5O4P. The number of benzene rings is 2. The Labute approximate surface area is 223 Å². The SMILES string of the molecule is CC(C)Oc1cc(P(C)(C)=O)ccc1Nc1nccc(-c2cc(C#N)c3c(c2)[C@@](C)(CO)CN3[B]C=O)n1. The fraction of sp³-hybridized carbons (Fsp3) is 0.333. The van der Waals surface area contributed by atoms with E-state index in [0.717, 1.165) is 5.56 Å². The second-order valence-electron chi connectivity index (χ2n) is 10.3. The largest absolute Gasteiger partial charge is 0.489 e. The number of carbonyl (C=O) groups excluding carboxylic acids is 1. The molecule has 0 bridgehead atoms. The second-order valence-corrected chi connectivity index (χ2v) is 13.5. The van der Waals surface area contributed by atoms with Crippen LogP contribution >= 0.6 is 7.14 Å². The van der Waals surface area contributed by atoms with Gasteiger partial charge in [-0.2, -0.15) is 5.26 Å². The number of hydrogen-bond acceptors (Lipinski definition) is 9. The van der Waals surface area contributed by atoms with Crippen LogP contribution in [0.2, 0.25) is 0 Å². The highest BCUT2D eigenvalue weighted by molar-refractivity contribution is 7.70. The van der Waals surface area contributed by atoms with E-state index in [-0.39, 0.29) is 12.7 Å². The summed E-state index contributed by atoms with van der Waals surface area (Å²) in [5, 5.41) is 24.0. The maximum absolute atomic E-state index is 12.6. The van der Waals surface area contributed by atoms with Crippen molar-refractivity contribution in [3.8, 4) is 23.1 Å². The highest BCUT2D eigenvalue weighted by atomic mass is 31.2. The molecule has 1 aliphatic rings. The molecule has 9 nitrogen and oxygen atoms in total. The highest BCUT2D eigenvalue weighted by Gasteiger charge is 2.40. The lowest BCUT2D eigenvalue weighted by Gasteiger charge is -2.23. The van der Waals surface area contributed by atoms with Crippen molar-refractivity contribution in [1.29, 1.82) is 5.26 Å². The van der Waals surface area contributed by atoms with Crippen molar-refractivity contribution in [1.82, 2.24) is 9.97 Å². The monoisotopic (exact) mass is 530 g/mol. The quantitative estimate of drug-likeness (QED) is 0.242. The van der Waals surface area contributed by atoms with Crippen LogP contribution in [0.1, 0.15) is 31.9 Å². The summed E-state index contributed by atoms with van der Waals surface area (Å²) >= 11 is 0. The Hall–Kier alpha value is -3.67. The van der Waals surface area contributed by atoms with Gasteiger partial charge in [0.15, 0.2) is 0 Å². The van der Waals surface area contributed by atoms with Gasteiger partial charge in [0, 0.05) is 34.7 Å². The fourth-order valence-corrected chi connectivity index (χ4v) is 5.38. The minimum absolute atomic E-state index is 0.0983. The van der Waals surface area contributed by atoms with Crippen LogP contribution in [0.15, 0.2) is 42.6 Å². The molecule has 195 valence electrons. The highest BCUT2D eigenvalue weighted by Crippen LogP contribution is 2.44. The van der Waals surface area contributed by atoms with Crippen LogP contribution in [0.5, 0.6) is 5.75 Å². The lowest BCUT2D eigenvalue weighted by molar-refractivity contribution is 0.217. The minimum Gasteiger partial charge on any atom is -0.489 e. The number of anilines is 3. The Bertz CT molecular complexity index is 1470. The molecule has 0 fully saturated rings. The molecule has 2 N–H and O–H groups in total. The first-order valence-electron chi connectivity index (χ1n) is 12.2. The van der Waals surface area contributed by atoms with Gasteiger partial charge in [0.25, 0.3) is 0 Å². The zero-order valence-corrected chi connectivity index (χ0v) is 23.0. The van der Waals surface area contributed by atoms with Crippen molar-refractivity contribution in [3.63, 3.8) is 0 Å². The fourth-order valence-electron chi connectivity index (χ4n) is 4.51. The molecule has 1 atom stereocenters. The zero-order valence-electron chi connectivity index (χ0n) is 22.1. The van der Waals surface area contributed by atoms with Gasteiger partial charge in [0.1, 0.15) is 25.1 Å². The summed E-state index contributed by atoms with van der Waals surface area (Å²) in [4.78, 5) is 21.9. The molecule has 11 heteroatoms. The lowest BCUT2D eigenvalue weighted by Crippen LogP contribution is -2.36. The Morgan fingerprint density at radius 2 is 2.08 bits per heavy atom. The van der Waals surface area contributed by atoms with Crippen LogP contribution in [0, 0.1) is 11.3 Å². The molecule has 1 aliphatic heterocycles. The van der Waals surface area contributed by atoms with E-state index in [2.05, 4.69) is 21.4 Å². The smallest absolute Gasteiger partial charge is 0.329 e. The normalized spacial score (nSPS) is 16.6. The maximum atomic E-state index is 12.6. The van der Waals surface area contributed by atoms with Gasteiger partial charge in [-0.1, -0.05) is 6.92 Å². The van der Waals surface area contributed by atoms with Crippen LogP contribution in [0.3, 0.4) is 0 Å². The number of rotatable bonds is 9. The number of ether oxygens (including phenoxy) is 1. The molecule has 0 spiro atoms. The standard InChI is InChI=1S/C27H30BN5O4P/c1-17(2)37-24-12-20(38(4,5)36)6-7-23(24)32-26-30-9-8-22(31-26)18-10-19(13-29)25-21(11-18)27(3,15-34)14-33(25)28-16-35/h6-12,16-17,34H,14-15H2,1-5H3,(H,30,31,32)/t27-/m1/s1. The zero-order chi connectivity index (χ0) is 27.7. The number of aliphatic hydroxyl groups excluding tert-OH is 1. The van der Waals surface area contributed by atoms with Crippen LogP contribution in [-0.4, -0.2) is 61.3 Å². The van der Waals surface area contributed by atoms with Gasteiger partial charge in [-0.3, -0.25) is 0 Å². The first-order chi connectivity index (χ1) is 18.0. The van der Waals surface area contributed by atoms with Gasteiger partial charge in [0.2, 0.25) is 5.95 Å². The number of aromatic nitrogens is 2. The van der Waals surface area contributed by atoms with Crippen molar-refractivity contribution in [2.45, 2.75) is 32.3 Å². The van der Waals surface area contributed by atoms with E-state index in [1.165, 1.54) is 7.41 Å². The predicted molar refractivity (Wildman–Crippen MR) is 151 cm³/mol. The molecule has 1 aromatic heterocycles. The summed E-state index contributed by atoms with van der Waals surface area (Å²) in [7, 11) is -1.10. The Morgan fingerprint density at radius 1 is 1.32 bits per heavy atom. The molecule has 0 amide bonds. The molecule has 0 aliphatic carbocycles. The molecule has 4 rings (SSSR count). The minimum atomic E-state index is -2.48. The van der Waals surface area contributed by atoms with E-state index in [1.54, 1.807) is 54.7 Å².